The third-order valence-electron chi connectivity index (χ3n) is 5.71. The number of halogens is 1. The summed E-state index contributed by atoms with van der Waals surface area (Å²) in [7, 11) is 0. The van der Waals surface area contributed by atoms with Crippen molar-refractivity contribution in [2.75, 3.05) is 0 Å². The van der Waals surface area contributed by atoms with Gasteiger partial charge in [0.2, 0.25) is 0 Å². The normalized spacial score (nSPS) is 25.9. The Morgan fingerprint density at radius 1 is 1.30 bits per heavy atom. The minimum atomic E-state index is -0.110. The highest BCUT2D eigenvalue weighted by Crippen LogP contribution is 2.59. The number of aromatic nitrogens is 2. The molecule has 1 heterocycles. The molecule has 1 aromatic carbocycles. The molecule has 1 aromatic heterocycles. The fraction of sp³-hybridized carbons (Fsp3) is 0.450. The Morgan fingerprint density at radius 3 is 2.70 bits per heavy atom. The number of nitriles is 1. The first-order valence-electron chi connectivity index (χ1n) is 9.25. The predicted octanol–water partition coefficient (Wildman–Crippen LogP) is 3.47. The molecule has 2 saturated carbocycles. The maximum atomic E-state index is 12.1. The number of hydrogen-bond acceptors (Lipinski definition) is 3. The van der Waals surface area contributed by atoms with Crippen LogP contribution in [0.25, 0.3) is 0 Å². The highest BCUT2D eigenvalue weighted by atomic mass is 35.5. The van der Waals surface area contributed by atoms with E-state index in [-0.39, 0.29) is 12.1 Å². The highest BCUT2D eigenvalue weighted by molar-refractivity contribution is 6.30. The molecule has 0 bridgehead atoms. The highest BCUT2D eigenvalue weighted by Gasteiger charge is 2.53. The van der Waals surface area contributed by atoms with Crippen molar-refractivity contribution in [3.63, 3.8) is 0 Å². The van der Waals surface area contributed by atoms with Crippen LogP contribution in [0, 0.1) is 22.7 Å². The minimum absolute atomic E-state index is 0.110. The van der Waals surface area contributed by atoms with E-state index in [0.717, 1.165) is 24.9 Å². The zero-order valence-corrected chi connectivity index (χ0v) is 15.7. The number of hydrogen-bond donors (Lipinski definition) is 2. The molecule has 2 aliphatic carbocycles. The standard InChI is InChI=1S/C20H22ClN5O/c21-17-3-1-14(2-4-17)10-23-19(27)25-18-7-20(8-18)5-15(6-20)12-26-13-16(9-22)11-24-26/h1-4,11,13,15,18H,5-8,10,12H2,(H2,23,25,27). The fourth-order valence-electron chi connectivity index (χ4n) is 4.52. The van der Waals surface area contributed by atoms with Gasteiger partial charge in [0.05, 0.1) is 11.8 Å². The first-order valence-corrected chi connectivity index (χ1v) is 9.63. The summed E-state index contributed by atoms with van der Waals surface area (Å²) in [6, 6.07) is 9.74. The predicted molar refractivity (Wildman–Crippen MR) is 102 cm³/mol. The molecule has 140 valence electrons. The molecule has 6 nitrogen and oxygen atoms in total. The molecular weight excluding hydrogens is 362 g/mol. The van der Waals surface area contributed by atoms with Gasteiger partial charge in [-0.15, -0.1) is 0 Å². The molecular formula is C20H22ClN5O. The summed E-state index contributed by atoms with van der Waals surface area (Å²) in [5, 5.41) is 19.7. The number of amides is 2. The van der Waals surface area contributed by atoms with E-state index in [2.05, 4.69) is 21.8 Å². The third kappa shape index (κ3) is 4.09. The van der Waals surface area contributed by atoms with Crippen LogP contribution in [0.4, 0.5) is 4.79 Å². The Bertz CT molecular complexity index is 855. The molecule has 4 rings (SSSR count). The van der Waals surface area contributed by atoms with E-state index in [0.29, 0.717) is 28.5 Å². The zero-order chi connectivity index (χ0) is 18.9. The van der Waals surface area contributed by atoms with E-state index in [1.807, 2.05) is 28.9 Å². The Labute approximate surface area is 163 Å². The fourth-order valence-corrected chi connectivity index (χ4v) is 4.65. The Hall–Kier alpha value is -2.52. The number of nitrogens with one attached hydrogen (secondary N) is 2. The smallest absolute Gasteiger partial charge is 0.315 e. The lowest BCUT2D eigenvalue weighted by molar-refractivity contribution is -0.0525. The molecule has 1 spiro atoms. The molecule has 7 heteroatoms. The SMILES string of the molecule is N#Cc1cnn(CC2CC3(C2)CC(NC(=O)NCc2ccc(Cl)cc2)C3)c1. The molecule has 0 aliphatic heterocycles. The summed E-state index contributed by atoms with van der Waals surface area (Å²) in [4.78, 5) is 12.1. The van der Waals surface area contributed by atoms with Gasteiger partial charge in [-0.2, -0.15) is 10.4 Å². The molecule has 0 saturated heterocycles. The van der Waals surface area contributed by atoms with Crippen molar-refractivity contribution >= 4 is 17.6 Å². The molecule has 0 radical (unpaired) electrons. The quantitative estimate of drug-likeness (QED) is 0.829. The van der Waals surface area contributed by atoms with Gasteiger partial charge in [0.15, 0.2) is 0 Å². The first-order chi connectivity index (χ1) is 13.0. The average Bonchev–Trinajstić information content (AvgIpc) is 3.05. The van der Waals surface area contributed by atoms with E-state index in [1.54, 1.807) is 12.4 Å². The number of nitrogens with zero attached hydrogens (tertiary/aromatic N) is 3. The van der Waals surface area contributed by atoms with Crippen LogP contribution in [-0.2, 0) is 13.1 Å². The van der Waals surface area contributed by atoms with Crippen molar-refractivity contribution in [1.29, 1.82) is 5.26 Å². The van der Waals surface area contributed by atoms with Crippen LogP contribution >= 0.6 is 11.6 Å². The Kier molecular flexibility index (Phi) is 4.79. The number of benzene rings is 1. The molecule has 2 aliphatic rings. The molecule has 0 atom stereocenters. The topological polar surface area (TPSA) is 82.7 Å². The molecule has 2 N–H and O–H groups in total. The number of rotatable bonds is 5. The van der Waals surface area contributed by atoms with Gasteiger partial charge in [-0.05, 0) is 54.7 Å². The van der Waals surface area contributed by atoms with Crippen LogP contribution < -0.4 is 10.6 Å². The second-order valence-corrected chi connectivity index (χ2v) is 8.33. The minimum Gasteiger partial charge on any atom is -0.335 e. The van der Waals surface area contributed by atoms with E-state index in [1.165, 1.54) is 12.8 Å². The van der Waals surface area contributed by atoms with Crippen molar-refractivity contribution < 1.29 is 4.79 Å². The van der Waals surface area contributed by atoms with Crippen LogP contribution in [0.2, 0.25) is 5.02 Å². The van der Waals surface area contributed by atoms with Crippen molar-refractivity contribution in [2.24, 2.45) is 11.3 Å². The first kappa shape index (κ1) is 17.9. The van der Waals surface area contributed by atoms with Crippen molar-refractivity contribution in [2.45, 2.75) is 44.8 Å². The van der Waals surface area contributed by atoms with Gasteiger partial charge in [0.1, 0.15) is 6.07 Å². The summed E-state index contributed by atoms with van der Waals surface area (Å²) in [6.07, 6.45) is 7.89. The van der Waals surface area contributed by atoms with Crippen LogP contribution in [0.15, 0.2) is 36.7 Å². The van der Waals surface area contributed by atoms with E-state index in [4.69, 9.17) is 16.9 Å². The maximum Gasteiger partial charge on any atom is 0.315 e. The molecule has 2 aromatic rings. The number of carbonyl (C=O) groups is 1. The van der Waals surface area contributed by atoms with Crippen molar-refractivity contribution in [3.8, 4) is 6.07 Å². The summed E-state index contributed by atoms with van der Waals surface area (Å²) < 4.78 is 1.87. The van der Waals surface area contributed by atoms with Gasteiger partial charge in [0, 0.05) is 30.4 Å². The lowest BCUT2D eigenvalue weighted by Gasteiger charge is -2.57. The summed E-state index contributed by atoms with van der Waals surface area (Å²) in [5.74, 6) is 0.621. The van der Waals surface area contributed by atoms with Gasteiger partial charge in [-0.1, -0.05) is 23.7 Å². The molecule has 2 amide bonds. The summed E-state index contributed by atoms with van der Waals surface area (Å²) in [6.45, 7) is 1.38. The van der Waals surface area contributed by atoms with Gasteiger partial charge >= 0.3 is 6.03 Å². The second kappa shape index (κ2) is 7.24. The van der Waals surface area contributed by atoms with Gasteiger partial charge < -0.3 is 10.6 Å². The largest absolute Gasteiger partial charge is 0.335 e. The molecule has 2 fully saturated rings. The van der Waals surface area contributed by atoms with Crippen LogP contribution in [0.1, 0.15) is 36.8 Å². The monoisotopic (exact) mass is 383 g/mol. The lowest BCUT2D eigenvalue weighted by atomic mass is 9.50. The summed E-state index contributed by atoms with van der Waals surface area (Å²) >= 11 is 5.86. The van der Waals surface area contributed by atoms with Crippen LogP contribution in [-0.4, -0.2) is 21.9 Å². The van der Waals surface area contributed by atoms with E-state index < -0.39 is 0 Å². The van der Waals surface area contributed by atoms with Crippen LogP contribution in [0.5, 0.6) is 0 Å². The third-order valence-corrected chi connectivity index (χ3v) is 5.96. The van der Waals surface area contributed by atoms with Crippen molar-refractivity contribution in [3.05, 3.63) is 52.8 Å². The molecule has 27 heavy (non-hydrogen) atoms. The van der Waals surface area contributed by atoms with Gasteiger partial charge in [-0.25, -0.2) is 4.79 Å². The van der Waals surface area contributed by atoms with E-state index in [9.17, 15) is 4.79 Å². The van der Waals surface area contributed by atoms with Gasteiger partial charge in [0.25, 0.3) is 0 Å². The number of carbonyl (C=O) groups excluding carboxylic acids is 1. The molecule has 0 unspecified atom stereocenters. The summed E-state index contributed by atoms with van der Waals surface area (Å²) in [5.41, 5.74) is 2.05. The van der Waals surface area contributed by atoms with Crippen molar-refractivity contribution in [1.82, 2.24) is 20.4 Å². The van der Waals surface area contributed by atoms with Gasteiger partial charge in [-0.3, -0.25) is 4.68 Å². The van der Waals surface area contributed by atoms with E-state index >= 15 is 0 Å². The van der Waals surface area contributed by atoms with Crippen LogP contribution in [0.3, 0.4) is 0 Å². The lowest BCUT2D eigenvalue weighted by Crippen LogP contribution is -2.58. The Balaban J connectivity index is 1.14. The Morgan fingerprint density at radius 2 is 2.04 bits per heavy atom. The average molecular weight is 384 g/mol. The second-order valence-electron chi connectivity index (χ2n) is 7.90. The zero-order valence-electron chi connectivity index (χ0n) is 15.0. The maximum absolute atomic E-state index is 12.1. The number of urea groups is 1.